The zero-order valence-corrected chi connectivity index (χ0v) is 20.1. The number of amides is 1. The number of rotatable bonds is 9. The van der Waals surface area contributed by atoms with E-state index in [1.165, 1.54) is 30.5 Å². The van der Waals surface area contributed by atoms with E-state index >= 15 is 0 Å². The third-order valence-electron chi connectivity index (χ3n) is 5.26. The van der Waals surface area contributed by atoms with Crippen LogP contribution in [0.4, 0.5) is 36.1 Å². The Morgan fingerprint density at radius 3 is 2.39 bits per heavy atom. The fourth-order valence-corrected chi connectivity index (χ4v) is 3.57. The molecule has 0 saturated carbocycles. The van der Waals surface area contributed by atoms with Crippen molar-refractivity contribution in [1.82, 2.24) is 4.98 Å². The lowest BCUT2D eigenvalue weighted by Crippen LogP contribution is -2.30. The number of hydrogen-bond donors (Lipinski definition) is 2. The molecule has 7 nitrogen and oxygen atoms in total. The predicted octanol–water partition coefficient (Wildman–Crippen LogP) is 5.87. The number of esters is 1. The van der Waals surface area contributed by atoms with Crippen LogP contribution in [0.25, 0.3) is 0 Å². The Balaban J connectivity index is 1.61. The van der Waals surface area contributed by atoms with E-state index in [1.54, 1.807) is 12.1 Å². The third-order valence-corrected chi connectivity index (χ3v) is 5.26. The maximum atomic E-state index is 13.0. The van der Waals surface area contributed by atoms with E-state index in [0.717, 1.165) is 24.4 Å². The zero-order valence-electron chi connectivity index (χ0n) is 20.1. The zero-order chi connectivity index (χ0) is 26.3. The first-order valence-corrected chi connectivity index (χ1v) is 11.3. The Bertz CT molecular complexity index is 1200. The summed E-state index contributed by atoms with van der Waals surface area (Å²) in [6, 6.07) is 15.0. The van der Waals surface area contributed by atoms with Gasteiger partial charge < -0.3 is 20.3 Å². The van der Waals surface area contributed by atoms with Crippen molar-refractivity contribution in [1.29, 1.82) is 0 Å². The quantitative estimate of drug-likeness (QED) is 0.358. The van der Waals surface area contributed by atoms with E-state index in [1.807, 2.05) is 12.1 Å². The van der Waals surface area contributed by atoms with Crippen LogP contribution in [0, 0.1) is 0 Å². The van der Waals surface area contributed by atoms with Gasteiger partial charge in [0.1, 0.15) is 11.4 Å². The number of benzene rings is 2. The number of ether oxygens (including phenoxy) is 1. The number of carbonyl (C=O) groups excluding carboxylic acids is 2. The number of alkyl halides is 3. The van der Waals surface area contributed by atoms with E-state index in [4.69, 9.17) is 4.74 Å². The van der Waals surface area contributed by atoms with E-state index in [2.05, 4.69) is 41.3 Å². The molecule has 2 N–H and O–H groups in total. The van der Waals surface area contributed by atoms with Gasteiger partial charge in [-0.05, 0) is 75.4 Å². The van der Waals surface area contributed by atoms with Gasteiger partial charge in [0, 0.05) is 35.8 Å². The summed E-state index contributed by atoms with van der Waals surface area (Å²) in [5.41, 5.74) is 0.796. The maximum absolute atomic E-state index is 13.0. The number of halogens is 3. The van der Waals surface area contributed by atoms with Crippen molar-refractivity contribution in [2.45, 2.75) is 33.0 Å². The highest BCUT2D eigenvalue weighted by molar-refractivity contribution is 5.98. The average Bonchev–Trinajstić information content (AvgIpc) is 2.84. The molecule has 0 spiro atoms. The standard InChI is InChI=1S/C26H27F3N4O3/c1-4-33(17(2)3)21-12-10-19(11-13-21)31-23(34)16-36-25(35)22-9-6-14-30-24(22)32-20-8-5-7-18(15-20)26(27,28)29/h5-15,17H,4,16H2,1-3H3,(H,30,32)(H,31,34). The van der Waals surface area contributed by atoms with Gasteiger partial charge in [-0.25, -0.2) is 9.78 Å². The molecule has 0 aliphatic rings. The molecule has 0 saturated heterocycles. The lowest BCUT2D eigenvalue weighted by atomic mass is 10.2. The molecule has 0 bridgehead atoms. The van der Waals surface area contributed by atoms with Crippen molar-refractivity contribution in [3.63, 3.8) is 0 Å². The molecule has 2 aromatic carbocycles. The molecule has 190 valence electrons. The number of aromatic nitrogens is 1. The molecule has 3 rings (SSSR count). The summed E-state index contributed by atoms with van der Waals surface area (Å²) >= 11 is 0. The van der Waals surface area contributed by atoms with Gasteiger partial charge in [0.15, 0.2) is 6.61 Å². The summed E-state index contributed by atoms with van der Waals surface area (Å²) < 4.78 is 44.1. The summed E-state index contributed by atoms with van der Waals surface area (Å²) in [7, 11) is 0. The summed E-state index contributed by atoms with van der Waals surface area (Å²) in [6.45, 7) is 6.55. The van der Waals surface area contributed by atoms with Crippen LogP contribution in [0.3, 0.4) is 0 Å². The number of pyridine rings is 1. The van der Waals surface area contributed by atoms with Gasteiger partial charge in [0.25, 0.3) is 5.91 Å². The molecule has 10 heteroatoms. The monoisotopic (exact) mass is 500 g/mol. The van der Waals surface area contributed by atoms with Crippen LogP contribution in [0.15, 0.2) is 66.9 Å². The van der Waals surface area contributed by atoms with Crippen molar-refractivity contribution < 1.29 is 27.5 Å². The fraction of sp³-hybridized carbons (Fsp3) is 0.269. The second-order valence-electron chi connectivity index (χ2n) is 8.15. The van der Waals surface area contributed by atoms with Crippen LogP contribution < -0.4 is 15.5 Å². The number of anilines is 4. The maximum Gasteiger partial charge on any atom is 0.416 e. The molecule has 0 unspecified atom stereocenters. The summed E-state index contributed by atoms with van der Waals surface area (Å²) in [6.07, 6.45) is -3.14. The average molecular weight is 501 g/mol. The van der Waals surface area contributed by atoms with Crippen molar-refractivity contribution in [3.8, 4) is 0 Å². The van der Waals surface area contributed by atoms with Gasteiger partial charge in [-0.3, -0.25) is 4.79 Å². The summed E-state index contributed by atoms with van der Waals surface area (Å²) in [4.78, 5) is 31.1. The molecule has 0 aliphatic carbocycles. The Hall–Kier alpha value is -4.08. The lowest BCUT2D eigenvalue weighted by Gasteiger charge is -2.27. The minimum absolute atomic E-state index is 0.00320. The van der Waals surface area contributed by atoms with Crippen molar-refractivity contribution >= 4 is 34.8 Å². The SMILES string of the molecule is CCN(c1ccc(NC(=O)COC(=O)c2cccnc2Nc2cccc(C(F)(F)F)c2)cc1)C(C)C. The third kappa shape index (κ3) is 6.97. The summed E-state index contributed by atoms with van der Waals surface area (Å²) in [5, 5.41) is 5.37. The lowest BCUT2D eigenvalue weighted by molar-refractivity contribution is -0.137. The molecule has 0 fully saturated rings. The van der Waals surface area contributed by atoms with Crippen LogP contribution >= 0.6 is 0 Å². The smallest absolute Gasteiger partial charge is 0.416 e. The highest BCUT2D eigenvalue weighted by atomic mass is 19.4. The number of nitrogens with one attached hydrogen (secondary N) is 2. The van der Waals surface area contributed by atoms with Gasteiger partial charge in [0.05, 0.1) is 5.56 Å². The first-order chi connectivity index (χ1) is 17.1. The van der Waals surface area contributed by atoms with Gasteiger partial charge in [0.2, 0.25) is 0 Å². The Morgan fingerprint density at radius 1 is 1.03 bits per heavy atom. The number of hydrogen-bond acceptors (Lipinski definition) is 6. The molecule has 36 heavy (non-hydrogen) atoms. The van der Waals surface area contributed by atoms with Crippen LogP contribution in [-0.2, 0) is 15.7 Å². The molecule has 0 radical (unpaired) electrons. The van der Waals surface area contributed by atoms with Crippen LogP contribution in [0.5, 0.6) is 0 Å². The van der Waals surface area contributed by atoms with E-state index in [0.29, 0.717) is 11.7 Å². The first-order valence-electron chi connectivity index (χ1n) is 11.3. The highest BCUT2D eigenvalue weighted by Gasteiger charge is 2.30. The second kappa shape index (κ2) is 11.6. The van der Waals surface area contributed by atoms with Gasteiger partial charge in [-0.1, -0.05) is 6.07 Å². The van der Waals surface area contributed by atoms with Crippen LogP contribution in [-0.4, -0.2) is 36.1 Å². The first kappa shape index (κ1) is 26.5. The predicted molar refractivity (Wildman–Crippen MR) is 132 cm³/mol. The molecular formula is C26H27F3N4O3. The van der Waals surface area contributed by atoms with Crippen LogP contribution in [0.1, 0.15) is 36.7 Å². The van der Waals surface area contributed by atoms with E-state index in [-0.39, 0.29) is 17.1 Å². The Labute approximate surface area is 207 Å². The number of nitrogens with zero attached hydrogens (tertiary/aromatic N) is 2. The largest absolute Gasteiger partial charge is 0.452 e. The normalized spacial score (nSPS) is 11.2. The highest BCUT2D eigenvalue weighted by Crippen LogP contribution is 2.31. The second-order valence-corrected chi connectivity index (χ2v) is 8.15. The Morgan fingerprint density at radius 2 is 1.75 bits per heavy atom. The van der Waals surface area contributed by atoms with Crippen molar-refractivity contribution in [2.75, 3.05) is 28.7 Å². The van der Waals surface area contributed by atoms with Gasteiger partial charge in [-0.15, -0.1) is 0 Å². The Kier molecular flexibility index (Phi) is 8.52. The molecule has 0 aliphatic heterocycles. The number of carbonyl (C=O) groups is 2. The van der Waals surface area contributed by atoms with Crippen molar-refractivity contribution in [3.05, 3.63) is 78.0 Å². The van der Waals surface area contributed by atoms with Crippen molar-refractivity contribution in [2.24, 2.45) is 0 Å². The molecule has 1 heterocycles. The summed E-state index contributed by atoms with van der Waals surface area (Å²) in [5.74, 6) is -1.38. The molecule has 1 amide bonds. The molecule has 3 aromatic rings. The van der Waals surface area contributed by atoms with Gasteiger partial charge in [-0.2, -0.15) is 13.2 Å². The van der Waals surface area contributed by atoms with E-state index < -0.39 is 30.2 Å². The minimum atomic E-state index is -4.51. The fourth-order valence-electron chi connectivity index (χ4n) is 3.57. The minimum Gasteiger partial charge on any atom is -0.452 e. The molecule has 1 aromatic heterocycles. The molecule has 0 atom stereocenters. The molecular weight excluding hydrogens is 473 g/mol. The van der Waals surface area contributed by atoms with E-state index in [9.17, 15) is 22.8 Å². The van der Waals surface area contributed by atoms with Gasteiger partial charge >= 0.3 is 12.1 Å². The topological polar surface area (TPSA) is 83.6 Å². The van der Waals surface area contributed by atoms with Crippen LogP contribution in [0.2, 0.25) is 0 Å².